The lowest BCUT2D eigenvalue weighted by atomic mass is 10.1. The molecular weight excluding hydrogens is 398 g/mol. The average molecular weight is 418 g/mol. The number of nitrogens with zero attached hydrogens (tertiary/aromatic N) is 1. The molecule has 0 saturated heterocycles. The Morgan fingerprint density at radius 1 is 1.12 bits per heavy atom. The van der Waals surface area contributed by atoms with Gasteiger partial charge in [0.05, 0.1) is 6.61 Å². The van der Waals surface area contributed by atoms with Crippen LogP contribution in [0, 0.1) is 0 Å². The van der Waals surface area contributed by atoms with E-state index in [1.54, 1.807) is 11.9 Å². The van der Waals surface area contributed by atoms with Crippen LogP contribution in [0.15, 0.2) is 69.5 Å². The number of hydrogen-bond acceptors (Lipinski definition) is 4. The maximum Gasteiger partial charge on any atom is 0.333 e. The van der Waals surface area contributed by atoms with Crippen LogP contribution in [-0.2, 0) is 9.53 Å². The fraction of sp³-hybridized carbons (Fsp3) is 0.250. The van der Waals surface area contributed by atoms with Crippen LogP contribution in [0.5, 0.6) is 0 Å². The summed E-state index contributed by atoms with van der Waals surface area (Å²) in [6.07, 6.45) is 2.72. The normalized spacial score (nSPS) is 14.9. The van der Waals surface area contributed by atoms with Crippen molar-refractivity contribution in [3.05, 3.63) is 64.7 Å². The minimum absolute atomic E-state index is 0.175. The summed E-state index contributed by atoms with van der Waals surface area (Å²) in [6, 6.07) is 16.9. The molecule has 3 nitrogen and oxygen atoms in total. The summed E-state index contributed by atoms with van der Waals surface area (Å²) in [6.45, 7) is 3.87. The van der Waals surface area contributed by atoms with Gasteiger partial charge in [-0.1, -0.05) is 46.3 Å². The van der Waals surface area contributed by atoms with Gasteiger partial charge in [-0.05, 0) is 60.7 Å². The van der Waals surface area contributed by atoms with E-state index in [2.05, 4.69) is 68.8 Å². The second-order valence-electron chi connectivity index (χ2n) is 5.71. The zero-order valence-electron chi connectivity index (χ0n) is 14.1. The Hall–Kier alpha value is -1.56. The van der Waals surface area contributed by atoms with E-state index in [1.807, 2.05) is 13.0 Å². The van der Waals surface area contributed by atoms with Crippen LogP contribution >= 0.6 is 27.9 Å². The Balaban J connectivity index is 1.59. The van der Waals surface area contributed by atoms with E-state index >= 15 is 0 Å². The lowest BCUT2D eigenvalue weighted by molar-refractivity contribution is -0.138. The fourth-order valence-corrected chi connectivity index (χ4v) is 3.79. The van der Waals surface area contributed by atoms with Gasteiger partial charge in [-0.25, -0.2) is 9.10 Å². The van der Waals surface area contributed by atoms with E-state index in [9.17, 15) is 4.79 Å². The molecule has 0 radical (unpaired) electrons. The van der Waals surface area contributed by atoms with Crippen molar-refractivity contribution in [3.63, 3.8) is 0 Å². The molecule has 0 aliphatic carbocycles. The van der Waals surface area contributed by atoms with E-state index in [0.717, 1.165) is 29.6 Å². The molecule has 5 heteroatoms. The number of carbonyl (C=O) groups excluding carboxylic acids is 1. The van der Waals surface area contributed by atoms with Crippen molar-refractivity contribution in [1.82, 2.24) is 4.31 Å². The molecule has 1 aliphatic rings. The molecule has 0 bridgehead atoms. The van der Waals surface area contributed by atoms with E-state index < -0.39 is 0 Å². The fourth-order valence-electron chi connectivity index (χ4n) is 2.64. The summed E-state index contributed by atoms with van der Waals surface area (Å²) < 4.78 is 8.41. The molecule has 0 saturated carbocycles. The van der Waals surface area contributed by atoms with Crippen LogP contribution in [0.4, 0.5) is 0 Å². The first-order valence-corrected chi connectivity index (χ1v) is 9.87. The van der Waals surface area contributed by atoms with Crippen molar-refractivity contribution in [2.24, 2.45) is 0 Å². The Kier molecular flexibility index (Phi) is 6.34. The highest BCUT2D eigenvalue weighted by atomic mass is 79.9. The zero-order valence-corrected chi connectivity index (χ0v) is 16.5. The van der Waals surface area contributed by atoms with Gasteiger partial charge in [0.25, 0.3) is 0 Å². The van der Waals surface area contributed by atoms with Crippen molar-refractivity contribution < 1.29 is 9.53 Å². The smallest absolute Gasteiger partial charge is 0.333 e. The molecule has 0 aromatic heterocycles. The topological polar surface area (TPSA) is 29.5 Å². The zero-order chi connectivity index (χ0) is 17.6. The van der Waals surface area contributed by atoms with E-state index in [-0.39, 0.29) is 5.97 Å². The number of halogens is 1. The summed E-state index contributed by atoms with van der Waals surface area (Å²) in [4.78, 5) is 12.9. The lowest BCUT2D eigenvalue weighted by Crippen LogP contribution is -2.25. The van der Waals surface area contributed by atoms with E-state index in [4.69, 9.17) is 4.74 Å². The van der Waals surface area contributed by atoms with Crippen LogP contribution in [0.3, 0.4) is 0 Å². The summed E-state index contributed by atoms with van der Waals surface area (Å²) in [5.74, 6) is -0.175. The standard InChI is InChI=1S/C20H20BrNO2S/c1-2-24-20(23)17-11-13-22(14-12-17)25-19-9-5-16(6-10-19)15-3-7-18(21)8-4-15/h3-11H,2,12-14H2,1H3. The molecule has 1 heterocycles. The second kappa shape index (κ2) is 8.70. The third kappa shape index (κ3) is 4.97. The van der Waals surface area contributed by atoms with Crippen molar-refractivity contribution in [3.8, 4) is 11.1 Å². The third-order valence-corrected chi connectivity index (χ3v) is 5.58. The Labute approximate surface area is 161 Å². The summed E-state index contributed by atoms with van der Waals surface area (Å²) >= 11 is 5.19. The number of carbonyl (C=O) groups is 1. The van der Waals surface area contributed by atoms with Gasteiger partial charge in [-0.3, -0.25) is 0 Å². The highest BCUT2D eigenvalue weighted by Gasteiger charge is 2.18. The predicted octanol–water partition coefficient (Wildman–Crippen LogP) is 5.32. The molecule has 0 unspecified atom stereocenters. The Morgan fingerprint density at radius 3 is 2.32 bits per heavy atom. The molecule has 130 valence electrons. The molecule has 0 amide bonds. The van der Waals surface area contributed by atoms with Crippen LogP contribution < -0.4 is 0 Å². The van der Waals surface area contributed by atoms with Crippen molar-refractivity contribution >= 4 is 33.8 Å². The highest BCUT2D eigenvalue weighted by Crippen LogP contribution is 2.29. The molecule has 2 aromatic rings. The highest BCUT2D eigenvalue weighted by molar-refractivity contribution is 9.10. The first kappa shape index (κ1) is 18.2. The largest absolute Gasteiger partial charge is 0.463 e. The molecule has 3 rings (SSSR count). The average Bonchev–Trinajstić information content (AvgIpc) is 2.64. The number of ether oxygens (including phenoxy) is 1. The van der Waals surface area contributed by atoms with Gasteiger partial charge in [0, 0.05) is 28.0 Å². The number of esters is 1. The second-order valence-corrected chi connectivity index (χ2v) is 7.80. The minimum Gasteiger partial charge on any atom is -0.463 e. The predicted molar refractivity (Wildman–Crippen MR) is 106 cm³/mol. The molecule has 0 atom stereocenters. The molecule has 25 heavy (non-hydrogen) atoms. The van der Waals surface area contributed by atoms with Crippen LogP contribution in [0.1, 0.15) is 13.3 Å². The maximum absolute atomic E-state index is 11.7. The molecule has 1 aliphatic heterocycles. The molecule has 0 N–H and O–H groups in total. The Bertz CT molecular complexity index is 756. The van der Waals surface area contributed by atoms with Gasteiger partial charge in [0.1, 0.15) is 0 Å². The summed E-state index contributed by atoms with van der Waals surface area (Å²) in [7, 11) is 0. The van der Waals surface area contributed by atoms with Gasteiger partial charge >= 0.3 is 5.97 Å². The first-order valence-electron chi connectivity index (χ1n) is 8.31. The van der Waals surface area contributed by atoms with Crippen LogP contribution in [-0.4, -0.2) is 30.0 Å². The Morgan fingerprint density at radius 2 is 1.76 bits per heavy atom. The monoisotopic (exact) mass is 417 g/mol. The SMILES string of the molecule is CCOC(=O)C1=CCN(Sc2ccc(-c3ccc(Br)cc3)cc2)CC1. The van der Waals surface area contributed by atoms with Gasteiger partial charge in [0.15, 0.2) is 0 Å². The number of rotatable bonds is 5. The maximum atomic E-state index is 11.7. The van der Waals surface area contributed by atoms with Gasteiger partial charge < -0.3 is 4.74 Å². The van der Waals surface area contributed by atoms with Gasteiger partial charge in [-0.15, -0.1) is 0 Å². The van der Waals surface area contributed by atoms with Gasteiger partial charge in [-0.2, -0.15) is 0 Å². The molecule has 0 spiro atoms. The molecule has 0 fully saturated rings. The quantitative estimate of drug-likeness (QED) is 0.486. The minimum atomic E-state index is -0.175. The van der Waals surface area contributed by atoms with Crippen molar-refractivity contribution in [2.75, 3.05) is 19.7 Å². The van der Waals surface area contributed by atoms with E-state index in [0.29, 0.717) is 6.61 Å². The summed E-state index contributed by atoms with van der Waals surface area (Å²) in [5, 5.41) is 0. The summed E-state index contributed by atoms with van der Waals surface area (Å²) in [5.41, 5.74) is 3.21. The molecule has 2 aromatic carbocycles. The van der Waals surface area contributed by atoms with Crippen LogP contribution in [0.2, 0.25) is 0 Å². The third-order valence-electron chi connectivity index (χ3n) is 3.98. The van der Waals surface area contributed by atoms with Gasteiger partial charge in [0.2, 0.25) is 0 Å². The number of hydrogen-bond donors (Lipinski definition) is 0. The molecular formula is C20H20BrNO2S. The van der Waals surface area contributed by atoms with Crippen molar-refractivity contribution in [1.29, 1.82) is 0 Å². The van der Waals surface area contributed by atoms with Crippen LogP contribution in [0.25, 0.3) is 11.1 Å². The number of benzene rings is 2. The van der Waals surface area contributed by atoms with Crippen molar-refractivity contribution in [2.45, 2.75) is 18.2 Å². The first-order chi connectivity index (χ1) is 12.2. The van der Waals surface area contributed by atoms with E-state index in [1.165, 1.54) is 16.0 Å². The lowest BCUT2D eigenvalue weighted by Gasteiger charge is -2.24.